The molecule has 0 spiro atoms. The first-order valence-electron chi connectivity index (χ1n) is 4.26. The molecular formula is C9H19N. The Morgan fingerprint density at radius 2 is 2.10 bits per heavy atom. The van der Waals surface area contributed by atoms with Crippen LogP contribution in [-0.2, 0) is 0 Å². The molecule has 10 heavy (non-hydrogen) atoms. The van der Waals surface area contributed by atoms with Gasteiger partial charge in [0.15, 0.2) is 0 Å². The highest BCUT2D eigenvalue weighted by Gasteiger charge is 2.37. The van der Waals surface area contributed by atoms with Gasteiger partial charge in [0, 0.05) is 0 Å². The standard InChI is InChI=1S/C9H19N/c1-7-4-8(6-10)9(2,3)5-7/h7-8H,4-6,10H2,1-3H3. The van der Waals surface area contributed by atoms with E-state index in [0.29, 0.717) is 5.41 Å². The Balaban J connectivity index is 2.58. The largest absolute Gasteiger partial charge is 0.330 e. The van der Waals surface area contributed by atoms with Crippen molar-refractivity contribution in [1.82, 2.24) is 0 Å². The maximum atomic E-state index is 5.67. The second-order valence-electron chi connectivity index (χ2n) is 4.47. The smallest absolute Gasteiger partial charge is 0.00437 e. The van der Waals surface area contributed by atoms with Gasteiger partial charge in [-0.1, -0.05) is 20.8 Å². The van der Waals surface area contributed by atoms with Gasteiger partial charge in [0.2, 0.25) is 0 Å². The van der Waals surface area contributed by atoms with E-state index in [2.05, 4.69) is 20.8 Å². The molecular weight excluding hydrogens is 122 g/mol. The Morgan fingerprint density at radius 1 is 1.50 bits per heavy atom. The van der Waals surface area contributed by atoms with Crippen LogP contribution in [0.5, 0.6) is 0 Å². The summed E-state index contributed by atoms with van der Waals surface area (Å²) in [4.78, 5) is 0. The van der Waals surface area contributed by atoms with Crippen LogP contribution in [0.1, 0.15) is 33.6 Å². The van der Waals surface area contributed by atoms with Crippen LogP contribution in [0, 0.1) is 17.3 Å². The highest BCUT2D eigenvalue weighted by Crippen LogP contribution is 2.44. The first-order chi connectivity index (χ1) is 4.56. The molecule has 1 rings (SSSR count). The van der Waals surface area contributed by atoms with Crippen molar-refractivity contribution in [3.8, 4) is 0 Å². The molecule has 1 fully saturated rings. The first kappa shape index (κ1) is 8.06. The molecule has 0 bridgehead atoms. The van der Waals surface area contributed by atoms with Crippen LogP contribution in [0.2, 0.25) is 0 Å². The van der Waals surface area contributed by atoms with Gasteiger partial charge in [-0.2, -0.15) is 0 Å². The number of hydrogen-bond acceptors (Lipinski definition) is 1. The molecule has 1 nitrogen and oxygen atoms in total. The molecule has 2 atom stereocenters. The molecule has 0 aromatic rings. The quantitative estimate of drug-likeness (QED) is 0.594. The topological polar surface area (TPSA) is 26.0 Å². The molecule has 0 amide bonds. The molecule has 0 aromatic heterocycles. The minimum Gasteiger partial charge on any atom is -0.330 e. The number of nitrogens with two attached hydrogens (primary N) is 1. The fraction of sp³-hybridized carbons (Fsp3) is 1.00. The second-order valence-corrected chi connectivity index (χ2v) is 4.47. The van der Waals surface area contributed by atoms with Crippen molar-refractivity contribution >= 4 is 0 Å². The van der Waals surface area contributed by atoms with Gasteiger partial charge in [-0.15, -0.1) is 0 Å². The van der Waals surface area contributed by atoms with E-state index < -0.39 is 0 Å². The summed E-state index contributed by atoms with van der Waals surface area (Å²) in [5.74, 6) is 1.66. The van der Waals surface area contributed by atoms with Crippen LogP contribution in [-0.4, -0.2) is 6.54 Å². The minimum atomic E-state index is 0.508. The maximum absolute atomic E-state index is 5.67. The van der Waals surface area contributed by atoms with E-state index in [1.807, 2.05) is 0 Å². The summed E-state index contributed by atoms with van der Waals surface area (Å²) < 4.78 is 0. The van der Waals surface area contributed by atoms with E-state index in [-0.39, 0.29) is 0 Å². The van der Waals surface area contributed by atoms with Crippen LogP contribution < -0.4 is 5.73 Å². The average Bonchev–Trinajstić information content (AvgIpc) is 2.04. The molecule has 0 aromatic carbocycles. The van der Waals surface area contributed by atoms with Crippen molar-refractivity contribution in [2.45, 2.75) is 33.6 Å². The van der Waals surface area contributed by atoms with E-state index in [4.69, 9.17) is 5.73 Å². The van der Waals surface area contributed by atoms with E-state index >= 15 is 0 Å². The van der Waals surface area contributed by atoms with Gasteiger partial charge in [0.25, 0.3) is 0 Å². The van der Waals surface area contributed by atoms with Crippen molar-refractivity contribution < 1.29 is 0 Å². The monoisotopic (exact) mass is 141 g/mol. The van der Waals surface area contributed by atoms with Crippen LogP contribution in [0.4, 0.5) is 0 Å². The Hall–Kier alpha value is -0.0400. The van der Waals surface area contributed by atoms with Crippen LogP contribution >= 0.6 is 0 Å². The third-order valence-electron chi connectivity index (χ3n) is 2.95. The van der Waals surface area contributed by atoms with Gasteiger partial charge >= 0.3 is 0 Å². The molecule has 2 N–H and O–H groups in total. The third kappa shape index (κ3) is 1.34. The third-order valence-corrected chi connectivity index (χ3v) is 2.95. The molecule has 2 unspecified atom stereocenters. The lowest BCUT2D eigenvalue weighted by molar-refractivity contribution is 0.265. The van der Waals surface area contributed by atoms with E-state index in [1.54, 1.807) is 0 Å². The van der Waals surface area contributed by atoms with Crippen molar-refractivity contribution in [3.63, 3.8) is 0 Å². The fourth-order valence-corrected chi connectivity index (χ4v) is 2.37. The predicted molar refractivity (Wildman–Crippen MR) is 44.7 cm³/mol. The summed E-state index contributed by atoms with van der Waals surface area (Å²) in [6.07, 6.45) is 2.69. The minimum absolute atomic E-state index is 0.508. The number of hydrogen-bond donors (Lipinski definition) is 1. The summed E-state index contributed by atoms with van der Waals surface area (Å²) in [7, 11) is 0. The Bertz CT molecular complexity index is 118. The SMILES string of the molecule is CC1CC(CN)C(C)(C)C1. The average molecular weight is 141 g/mol. The molecule has 60 valence electrons. The van der Waals surface area contributed by atoms with Crippen molar-refractivity contribution in [1.29, 1.82) is 0 Å². The van der Waals surface area contributed by atoms with E-state index in [1.165, 1.54) is 12.8 Å². The van der Waals surface area contributed by atoms with Gasteiger partial charge in [0.1, 0.15) is 0 Å². The molecule has 0 radical (unpaired) electrons. The zero-order valence-corrected chi connectivity index (χ0v) is 7.35. The van der Waals surface area contributed by atoms with Gasteiger partial charge in [-0.05, 0) is 36.6 Å². The highest BCUT2D eigenvalue weighted by atomic mass is 14.6. The van der Waals surface area contributed by atoms with Crippen molar-refractivity contribution in [2.24, 2.45) is 23.0 Å². The predicted octanol–water partition coefficient (Wildman–Crippen LogP) is 2.02. The van der Waals surface area contributed by atoms with Crippen molar-refractivity contribution in [2.75, 3.05) is 6.54 Å². The Labute approximate surface area is 64.0 Å². The fourth-order valence-electron chi connectivity index (χ4n) is 2.37. The van der Waals surface area contributed by atoms with Gasteiger partial charge < -0.3 is 5.73 Å². The van der Waals surface area contributed by atoms with Gasteiger partial charge in [-0.25, -0.2) is 0 Å². The molecule has 1 heteroatoms. The zero-order valence-electron chi connectivity index (χ0n) is 7.35. The Kier molecular flexibility index (Phi) is 2.04. The highest BCUT2D eigenvalue weighted by molar-refractivity contribution is 4.88. The number of rotatable bonds is 1. The summed E-state index contributed by atoms with van der Waals surface area (Å²) in [5.41, 5.74) is 6.18. The second kappa shape index (κ2) is 2.54. The molecule has 1 aliphatic rings. The summed E-state index contributed by atoms with van der Waals surface area (Å²) in [5, 5.41) is 0. The lowest BCUT2D eigenvalue weighted by atomic mass is 9.82. The molecule has 1 aliphatic carbocycles. The Morgan fingerprint density at radius 3 is 2.30 bits per heavy atom. The molecule has 1 saturated carbocycles. The van der Waals surface area contributed by atoms with Crippen LogP contribution in [0.25, 0.3) is 0 Å². The van der Waals surface area contributed by atoms with E-state index in [0.717, 1.165) is 18.4 Å². The first-order valence-corrected chi connectivity index (χ1v) is 4.26. The molecule has 0 heterocycles. The lowest BCUT2D eigenvalue weighted by Crippen LogP contribution is -2.24. The van der Waals surface area contributed by atoms with Gasteiger partial charge in [-0.3, -0.25) is 0 Å². The summed E-state index contributed by atoms with van der Waals surface area (Å²) in [6.45, 7) is 7.89. The molecule has 0 aliphatic heterocycles. The molecule has 0 saturated heterocycles. The zero-order chi connectivity index (χ0) is 7.78. The lowest BCUT2D eigenvalue weighted by Gasteiger charge is -2.25. The normalized spacial score (nSPS) is 38.4. The van der Waals surface area contributed by atoms with Crippen molar-refractivity contribution in [3.05, 3.63) is 0 Å². The van der Waals surface area contributed by atoms with Crippen LogP contribution in [0.3, 0.4) is 0 Å². The van der Waals surface area contributed by atoms with Gasteiger partial charge in [0.05, 0.1) is 0 Å². The van der Waals surface area contributed by atoms with Crippen LogP contribution in [0.15, 0.2) is 0 Å². The summed E-state index contributed by atoms with van der Waals surface area (Å²) in [6, 6.07) is 0. The van der Waals surface area contributed by atoms with E-state index in [9.17, 15) is 0 Å². The summed E-state index contributed by atoms with van der Waals surface area (Å²) >= 11 is 0. The maximum Gasteiger partial charge on any atom is -0.00437 e.